The number of aromatic hydroxyl groups is 1. The van der Waals surface area contributed by atoms with E-state index in [2.05, 4.69) is 9.47 Å². The van der Waals surface area contributed by atoms with Gasteiger partial charge in [0.1, 0.15) is 28.6 Å². The minimum absolute atomic E-state index is 0.0354. The number of hydrogen-bond acceptors (Lipinski definition) is 7. The molecule has 3 aromatic rings. The van der Waals surface area contributed by atoms with Crippen molar-refractivity contribution >= 4 is 28.9 Å². The molecule has 1 aromatic heterocycles. The third-order valence-electron chi connectivity index (χ3n) is 5.71. The van der Waals surface area contributed by atoms with Crippen LogP contribution >= 0.6 is 0 Å². The van der Waals surface area contributed by atoms with E-state index in [1.807, 2.05) is 38.5 Å². The van der Waals surface area contributed by atoms with E-state index < -0.39 is 11.9 Å². The zero-order chi connectivity index (χ0) is 25.3. The van der Waals surface area contributed by atoms with E-state index in [1.165, 1.54) is 17.0 Å². The predicted octanol–water partition coefficient (Wildman–Crippen LogP) is 3.98. The average molecular weight is 480 g/mol. The van der Waals surface area contributed by atoms with Crippen molar-refractivity contribution in [2.24, 2.45) is 0 Å². The third kappa shape index (κ3) is 4.95. The molecule has 0 fully saturated rings. The van der Waals surface area contributed by atoms with Crippen LogP contribution in [0.4, 0.5) is 4.79 Å². The van der Waals surface area contributed by atoms with Gasteiger partial charge in [0.2, 0.25) is 5.78 Å². The lowest BCUT2D eigenvalue weighted by molar-refractivity contribution is 0.101. The Hall–Kier alpha value is -3.98. The van der Waals surface area contributed by atoms with Crippen LogP contribution < -0.4 is 14.2 Å². The summed E-state index contributed by atoms with van der Waals surface area (Å²) in [5.41, 5.74) is 1.84. The minimum Gasteiger partial charge on any atom is -0.507 e. The fraction of sp³-hybridized carbons (Fsp3) is 0.308. The number of fused-ring (bicyclic) bond motifs is 2. The Balaban J connectivity index is 1.69. The molecule has 35 heavy (non-hydrogen) atoms. The summed E-state index contributed by atoms with van der Waals surface area (Å²) < 4.78 is 18.6. The van der Waals surface area contributed by atoms with E-state index in [-0.39, 0.29) is 28.6 Å². The number of phenolic OH excluding ortho intramolecular Hbond substituents is 1. The number of rotatable bonds is 7. The van der Waals surface area contributed by atoms with E-state index >= 15 is 0 Å². The molecule has 1 amide bonds. The van der Waals surface area contributed by atoms with Gasteiger partial charge in [-0.25, -0.2) is 4.79 Å². The van der Waals surface area contributed by atoms with Gasteiger partial charge in [-0.3, -0.25) is 4.79 Å². The van der Waals surface area contributed by atoms with Crippen molar-refractivity contribution in [2.45, 2.75) is 13.0 Å². The van der Waals surface area contributed by atoms with Gasteiger partial charge in [0.25, 0.3) is 0 Å². The first-order valence-corrected chi connectivity index (χ1v) is 11.2. The van der Waals surface area contributed by atoms with Crippen LogP contribution in [0.15, 0.2) is 42.3 Å². The van der Waals surface area contributed by atoms with E-state index in [1.54, 1.807) is 27.3 Å². The summed E-state index contributed by atoms with van der Waals surface area (Å²) in [7, 11) is 8.77. The number of aryl methyl sites for hydroxylation is 1. The average Bonchev–Trinajstić information content (AvgIpc) is 3.30. The first-order valence-electron chi connectivity index (χ1n) is 11.2. The van der Waals surface area contributed by atoms with Crippen molar-refractivity contribution in [2.75, 3.05) is 41.8 Å². The van der Waals surface area contributed by atoms with Crippen molar-refractivity contribution in [1.82, 2.24) is 14.4 Å². The zero-order valence-corrected chi connectivity index (χ0v) is 20.5. The monoisotopic (exact) mass is 479 g/mol. The molecule has 9 heteroatoms. The SMILES string of the molecule is COc1ccc2c(c1)c(/C=C1\Oc3cc(OC(=O)N(C)C)cc(O)c3C1=O)cn2CCCN(C)C. The quantitative estimate of drug-likeness (QED) is 0.512. The molecule has 4 rings (SSSR count). The maximum absolute atomic E-state index is 13.1. The Bertz CT molecular complexity index is 1320. The summed E-state index contributed by atoms with van der Waals surface area (Å²) in [6.45, 7) is 1.75. The first-order chi connectivity index (χ1) is 16.7. The van der Waals surface area contributed by atoms with Crippen molar-refractivity contribution < 1.29 is 28.9 Å². The number of carbonyl (C=O) groups excluding carboxylic acids is 2. The van der Waals surface area contributed by atoms with Crippen molar-refractivity contribution in [3.63, 3.8) is 0 Å². The van der Waals surface area contributed by atoms with Crippen LogP contribution in [0.3, 0.4) is 0 Å². The number of methoxy groups -OCH3 is 1. The molecule has 1 aliphatic heterocycles. The number of hydrogen-bond donors (Lipinski definition) is 1. The second-order valence-corrected chi connectivity index (χ2v) is 8.84. The Labute approximate surface area is 203 Å². The van der Waals surface area contributed by atoms with Gasteiger partial charge in [-0.05, 0) is 51.3 Å². The number of aromatic nitrogens is 1. The molecule has 0 radical (unpaired) electrons. The minimum atomic E-state index is -0.611. The molecular formula is C26H29N3O6. The second-order valence-electron chi connectivity index (χ2n) is 8.84. The number of phenols is 1. The molecular weight excluding hydrogens is 450 g/mol. The molecule has 2 heterocycles. The summed E-state index contributed by atoms with van der Waals surface area (Å²) >= 11 is 0. The number of Topliss-reactive ketones (excluding diaryl/α,β-unsaturated/α-hetero) is 1. The van der Waals surface area contributed by atoms with Crippen molar-refractivity contribution in [1.29, 1.82) is 0 Å². The maximum atomic E-state index is 13.1. The molecule has 0 saturated carbocycles. The fourth-order valence-corrected chi connectivity index (χ4v) is 3.95. The maximum Gasteiger partial charge on any atom is 0.414 e. The molecule has 2 aromatic carbocycles. The summed E-state index contributed by atoms with van der Waals surface area (Å²) in [5, 5.41) is 11.4. The summed E-state index contributed by atoms with van der Waals surface area (Å²) in [4.78, 5) is 28.3. The molecule has 0 atom stereocenters. The van der Waals surface area contributed by atoms with Crippen molar-refractivity contribution in [3.8, 4) is 23.0 Å². The zero-order valence-electron chi connectivity index (χ0n) is 20.5. The van der Waals surface area contributed by atoms with E-state index in [9.17, 15) is 14.7 Å². The number of ether oxygens (including phenoxy) is 3. The number of benzene rings is 2. The van der Waals surface area contributed by atoms with Crippen LogP contribution in [-0.4, -0.2) is 73.2 Å². The number of amides is 1. The summed E-state index contributed by atoms with van der Waals surface area (Å²) in [5.74, 6) is 0.229. The molecule has 0 bridgehead atoms. The standard InChI is InChI=1S/C26H29N3O6/c1-27(2)9-6-10-29-15-16(19-12-17(33-5)7-8-20(19)29)11-23-25(31)24-21(30)13-18(14-22(24)35-23)34-26(32)28(3)4/h7-8,11-15,30H,6,9-10H2,1-5H3/b23-11-. The molecule has 0 spiro atoms. The van der Waals surface area contributed by atoms with E-state index in [4.69, 9.17) is 14.2 Å². The molecule has 1 N–H and O–H groups in total. The molecule has 184 valence electrons. The van der Waals surface area contributed by atoms with Gasteiger partial charge in [0.15, 0.2) is 5.76 Å². The van der Waals surface area contributed by atoms with Gasteiger partial charge >= 0.3 is 6.09 Å². The summed E-state index contributed by atoms with van der Waals surface area (Å²) in [6.07, 6.45) is 4.00. The van der Waals surface area contributed by atoms with Crippen LogP contribution in [0, 0.1) is 0 Å². The lowest BCUT2D eigenvalue weighted by Gasteiger charge is -2.11. The van der Waals surface area contributed by atoms with Gasteiger partial charge in [-0.1, -0.05) is 0 Å². The number of nitrogens with zero attached hydrogens (tertiary/aromatic N) is 3. The number of allylic oxidation sites excluding steroid dienone is 1. The fourth-order valence-electron chi connectivity index (χ4n) is 3.95. The van der Waals surface area contributed by atoms with Crippen LogP contribution in [-0.2, 0) is 6.54 Å². The van der Waals surface area contributed by atoms with Crippen LogP contribution in [0.1, 0.15) is 22.3 Å². The Morgan fingerprint density at radius 2 is 1.91 bits per heavy atom. The second kappa shape index (κ2) is 9.71. The normalized spacial score (nSPS) is 13.9. The predicted molar refractivity (Wildman–Crippen MR) is 132 cm³/mol. The smallest absolute Gasteiger partial charge is 0.414 e. The van der Waals surface area contributed by atoms with Gasteiger partial charge < -0.3 is 33.7 Å². The Morgan fingerprint density at radius 3 is 2.60 bits per heavy atom. The third-order valence-corrected chi connectivity index (χ3v) is 5.71. The van der Waals surface area contributed by atoms with Gasteiger partial charge in [0.05, 0.1) is 7.11 Å². The molecule has 0 aliphatic carbocycles. The summed E-state index contributed by atoms with van der Waals surface area (Å²) in [6, 6.07) is 8.47. The molecule has 9 nitrogen and oxygen atoms in total. The lowest BCUT2D eigenvalue weighted by Crippen LogP contribution is -2.25. The lowest BCUT2D eigenvalue weighted by atomic mass is 10.1. The van der Waals surface area contributed by atoms with E-state index in [0.29, 0.717) is 5.75 Å². The Morgan fingerprint density at radius 1 is 1.14 bits per heavy atom. The number of carbonyl (C=O) groups is 2. The van der Waals surface area contributed by atoms with Gasteiger partial charge in [0, 0.05) is 55.4 Å². The highest BCUT2D eigenvalue weighted by Crippen LogP contribution is 2.41. The first kappa shape index (κ1) is 24.2. The van der Waals surface area contributed by atoms with Gasteiger partial charge in [-0.2, -0.15) is 0 Å². The highest BCUT2D eigenvalue weighted by atomic mass is 16.6. The van der Waals surface area contributed by atoms with E-state index in [0.717, 1.165) is 36.0 Å². The van der Waals surface area contributed by atoms with Crippen LogP contribution in [0.25, 0.3) is 17.0 Å². The van der Waals surface area contributed by atoms with Crippen LogP contribution in [0.2, 0.25) is 0 Å². The highest BCUT2D eigenvalue weighted by Gasteiger charge is 2.32. The van der Waals surface area contributed by atoms with Crippen molar-refractivity contribution in [3.05, 3.63) is 53.4 Å². The molecule has 1 aliphatic rings. The highest BCUT2D eigenvalue weighted by molar-refractivity contribution is 6.16. The van der Waals surface area contributed by atoms with Crippen LogP contribution in [0.5, 0.6) is 23.0 Å². The largest absolute Gasteiger partial charge is 0.507 e. The molecule has 0 saturated heterocycles. The number of ketones is 1. The topological polar surface area (TPSA) is 93.5 Å². The Kier molecular flexibility index (Phi) is 6.70. The van der Waals surface area contributed by atoms with Gasteiger partial charge in [-0.15, -0.1) is 0 Å². The molecule has 0 unspecified atom stereocenters.